The van der Waals surface area contributed by atoms with Crippen molar-refractivity contribution in [3.05, 3.63) is 75.8 Å². The molecule has 5 aromatic heterocycles. The van der Waals surface area contributed by atoms with E-state index in [-0.39, 0.29) is 39.6 Å². The first-order valence-electron chi connectivity index (χ1n) is 12.3. The van der Waals surface area contributed by atoms with Crippen molar-refractivity contribution >= 4 is 40.1 Å². The number of thiazole rings is 1. The molecule has 16 heteroatoms. The lowest BCUT2D eigenvalue weighted by molar-refractivity contribution is -0.140. The van der Waals surface area contributed by atoms with Crippen molar-refractivity contribution in [3.63, 3.8) is 0 Å². The highest BCUT2D eigenvalue weighted by atomic mass is 32.1. The van der Waals surface area contributed by atoms with Gasteiger partial charge in [0.25, 0.3) is 0 Å². The molecule has 0 saturated heterocycles. The van der Waals surface area contributed by atoms with E-state index in [1.165, 1.54) is 35.3 Å². The van der Waals surface area contributed by atoms with Gasteiger partial charge < -0.3 is 19.6 Å². The minimum absolute atomic E-state index is 0.0152. The van der Waals surface area contributed by atoms with Gasteiger partial charge in [-0.2, -0.15) is 13.2 Å². The Kier molecular flexibility index (Phi) is 7.47. The van der Waals surface area contributed by atoms with Gasteiger partial charge in [-0.1, -0.05) is 0 Å². The number of aromatic nitrogens is 6. The first-order valence-corrected chi connectivity index (χ1v) is 13.1. The van der Waals surface area contributed by atoms with Crippen LogP contribution in [0.15, 0.2) is 53.4 Å². The van der Waals surface area contributed by atoms with E-state index >= 15 is 0 Å². The smallest absolute Gasteiger partial charge is 0.434 e. The van der Waals surface area contributed by atoms with Crippen LogP contribution in [0.25, 0.3) is 32.7 Å². The van der Waals surface area contributed by atoms with E-state index in [4.69, 9.17) is 0 Å². The van der Waals surface area contributed by atoms with Gasteiger partial charge in [-0.25, -0.2) is 24.5 Å². The third-order valence-electron chi connectivity index (χ3n) is 6.07. The molecule has 3 N–H and O–H groups in total. The summed E-state index contributed by atoms with van der Waals surface area (Å²) in [5.41, 5.74) is -0.932. The van der Waals surface area contributed by atoms with Crippen LogP contribution in [-0.4, -0.2) is 52.7 Å². The molecule has 0 unspecified atom stereocenters. The van der Waals surface area contributed by atoms with Gasteiger partial charge in [0.15, 0.2) is 5.69 Å². The number of carbonyl (C=O) groups is 2. The van der Waals surface area contributed by atoms with Crippen LogP contribution in [0.5, 0.6) is 0 Å². The second kappa shape index (κ2) is 11.0. The van der Waals surface area contributed by atoms with Crippen LogP contribution in [0.2, 0.25) is 0 Å². The van der Waals surface area contributed by atoms with Gasteiger partial charge in [0, 0.05) is 48.7 Å². The van der Waals surface area contributed by atoms with Gasteiger partial charge in [-0.15, -0.1) is 11.3 Å². The number of anilines is 1. The Morgan fingerprint density at radius 2 is 1.88 bits per heavy atom. The molecule has 0 fully saturated rings. The zero-order valence-corrected chi connectivity index (χ0v) is 22.7. The number of aryl methyl sites for hydroxylation is 1. The van der Waals surface area contributed by atoms with Crippen molar-refractivity contribution in [2.45, 2.75) is 19.6 Å². The van der Waals surface area contributed by atoms with Gasteiger partial charge in [-0.05, 0) is 19.1 Å². The van der Waals surface area contributed by atoms with Crippen molar-refractivity contribution in [1.29, 1.82) is 0 Å². The molecule has 0 aliphatic rings. The minimum atomic E-state index is -4.68. The van der Waals surface area contributed by atoms with Crippen molar-refractivity contribution in [2.24, 2.45) is 7.05 Å². The third-order valence-corrected chi connectivity index (χ3v) is 6.95. The summed E-state index contributed by atoms with van der Waals surface area (Å²) < 4.78 is 43.3. The average Bonchev–Trinajstić information content (AvgIpc) is 3.59. The van der Waals surface area contributed by atoms with Gasteiger partial charge in [0.1, 0.15) is 16.4 Å². The summed E-state index contributed by atoms with van der Waals surface area (Å²) in [7, 11) is 1.78. The maximum Gasteiger partial charge on any atom is 0.434 e. The number of hydrogen-bond donors (Lipinski definition) is 3. The Morgan fingerprint density at radius 1 is 1.10 bits per heavy atom. The highest BCUT2D eigenvalue weighted by Gasteiger charge is 2.34. The molecule has 0 aliphatic heterocycles. The van der Waals surface area contributed by atoms with Crippen molar-refractivity contribution in [3.8, 4) is 21.8 Å². The number of carbonyl (C=O) groups excluding carboxylic acids is 1. The maximum absolute atomic E-state index is 13.4. The van der Waals surface area contributed by atoms with Gasteiger partial charge in [0.05, 0.1) is 41.4 Å². The molecule has 0 saturated carbocycles. The maximum atomic E-state index is 13.4. The van der Waals surface area contributed by atoms with Crippen molar-refractivity contribution in [1.82, 2.24) is 34.4 Å². The summed E-state index contributed by atoms with van der Waals surface area (Å²) in [4.78, 5) is 53.8. The molecule has 0 aliphatic carbocycles. The number of pyridine rings is 3. The number of hydrogen-bond acceptors (Lipinski definition) is 8. The molecule has 0 atom stereocenters. The predicted molar refractivity (Wildman–Crippen MR) is 147 cm³/mol. The number of amides is 2. The zero-order chi connectivity index (χ0) is 30.2. The molecule has 5 aromatic rings. The zero-order valence-electron chi connectivity index (χ0n) is 21.9. The molecule has 5 rings (SSSR count). The number of urea groups is 1. The molecular weight excluding hydrogens is 577 g/mol. The molecule has 2 amide bonds. The first kappa shape index (κ1) is 28.4. The quantitative estimate of drug-likeness (QED) is 0.251. The standard InChI is InChI=1S/C26H21F3N8O4S/c1-3-30-25(41)35-21-5-14(23-34-20(11-42-23)26(27,28)29)16(6-32-21)18-4-15-19(7-31-18)37(9-13-8-36(2)12-33-13)10-17(22(15)38)24(39)40/h4-8,10-12H,3,9H2,1-2H3,(H,39,40)(H2,30,32,35,41). The number of alkyl halides is 3. The molecule has 216 valence electrons. The van der Waals surface area contributed by atoms with E-state index in [0.717, 1.165) is 16.7 Å². The molecular formula is C26H21F3N8O4S. The van der Waals surface area contributed by atoms with Gasteiger partial charge in [-0.3, -0.25) is 15.1 Å². The Balaban J connectivity index is 1.68. The second-order valence-corrected chi connectivity index (χ2v) is 9.92. The molecule has 42 heavy (non-hydrogen) atoms. The van der Waals surface area contributed by atoms with E-state index < -0.39 is 34.9 Å². The summed E-state index contributed by atoms with van der Waals surface area (Å²) in [6, 6.07) is 2.13. The number of halogens is 3. The average molecular weight is 599 g/mol. The van der Waals surface area contributed by atoms with E-state index in [1.54, 1.807) is 31.1 Å². The molecule has 12 nitrogen and oxygen atoms in total. The Hall–Kier alpha value is -5.12. The normalized spacial score (nSPS) is 11.5. The Morgan fingerprint density at radius 3 is 2.52 bits per heavy atom. The molecule has 5 heterocycles. The SMILES string of the molecule is CCNC(=O)Nc1cc(-c2nc(C(F)(F)F)cs2)c(-c2cc3c(=O)c(C(=O)O)cn(Cc4cn(C)cn4)c3cn2)cn1. The fourth-order valence-electron chi connectivity index (χ4n) is 4.20. The summed E-state index contributed by atoms with van der Waals surface area (Å²) in [6.45, 7) is 2.18. The van der Waals surface area contributed by atoms with Crippen LogP contribution < -0.4 is 16.1 Å². The predicted octanol–water partition coefficient (Wildman–Crippen LogP) is 4.22. The Labute approximate surface area is 238 Å². The molecule has 0 spiro atoms. The summed E-state index contributed by atoms with van der Waals surface area (Å²) >= 11 is 0.728. The number of aromatic carboxylic acids is 1. The van der Waals surface area contributed by atoms with Crippen LogP contribution >= 0.6 is 11.3 Å². The lowest BCUT2D eigenvalue weighted by Gasteiger charge is -2.14. The number of carboxylic acid groups (broad SMARTS) is 1. The van der Waals surface area contributed by atoms with Crippen LogP contribution in [-0.2, 0) is 19.8 Å². The molecule has 0 radical (unpaired) electrons. The van der Waals surface area contributed by atoms with Crippen LogP contribution in [0.1, 0.15) is 28.7 Å². The number of imidazole rings is 1. The monoisotopic (exact) mass is 598 g/mol. The Bertz CT molecular complexity index is 1900. The lowest BCUT2D eigenvalue weighted by Crippen LogP contribution is -2.28. The van der Waals surface area contributed by atoms with Gasteiger partial charge >= 0.3 is 18.2 Å². The van der Waals surface area contributed by atoms with Crippen molar-refractivity contribution < 1.29 is 27.9 Å². The summed E-state index contributed by atoms with van der Waals surface area (Å²) in [6.07, 6.45) is 2.50. The number of fused-ring (bicyclic) bond motifs is 1. The van der Waals surface area contributed by atoms with E-state index in [2.05, 4.69) is 30.6 Å². The van der Waals surface area contributed by atoms with Crippen LogP contribution in [0, 0.1) is 0 Å². The number of nitrogens with one attached hydrogen (secondary N) is 2. The summed E-state index contributed by atoms with van der Waals surface area (Å²) in [5.74, 6) is -1.39. The van der Waals surface area contributed by atoms with E-state index in [1.807, 2.05) is 0 Å². The van der Waals surface area contributed by atoms with E-state index in [0.29, 0.717) is 17.8 Å². The fourth-order valence-corrected chi connectivity index (χ4v) is 5.05. The van der Waals surface area contributed by atoms with Crippen molar-refractivity contribution in [2.75, 3.05) is 11.9 Å². The second-order valence-electron chi connectivity index (χ2n) is 9.06. The number of carboxylic acids is 1. The highest BCUT2D eigenvalue weighted by molar-refractivity contribution is 7.13. The fraction of sp³-hybridized carbons (Fsp3) is 0.192. The molecule has 0 aromatic carbocycles. The number of nitrogens with zero attached hydrogens (tertiary/aromatic N) is 6. The first-order chi connectivity index (χ1) is 19.9. The van der Waals surface area contributed by atoms with Crippen LogP contribution in [0.3, 0.4) is 0 Å². The van der Waals surface area contributed by atoms with Crippen LogP contribution in [0.4, 0.5) is 23.8 Å². The van der Waals surface area contributed by atoms with E-state index in [9.17, 15) is 32.7 Å². The lowest BCUT2D eigenvalue weighted by atomic mass is 10.0. The largest absolute Gasteiger partial charge is 0.477 e. The minimum Gasteiger partial charge on any atom is -0.477 e. The van der Waals surface area contributed by atoms with Gasteiger partial charge in [0.2, 0.25) is 5.43 Å². The summed E-state index contributed by atoms with van der Waals surface area (Å²) in [5, 5.41) is 15.6. The topological polar surface area (TPSA) is 157 Å². The molecule has 0 bridgehead atoms. The number of rotatable bonds is 7. The highest BCUT2D eigenvalue weighted by Crippen LogP contribution is 2.38. The third kappa shape index (κ3) is 5.69.